The van der Waals surface area contributed by atoms with E-state index in [0.717, 1.165) is 18.5 Å². The normalized spacial score (nSPS) is 21.8. The van der Waals surface area contributed by atoms with Gasteiger partial charge in [-0.3, -0.25) is 4.79 Å². The molecule has 0 bridgehead atoms. The molecule has 0 radical (unpaired) electrons. The van der Waals surface area contributed by atoms with Crippen molar-refractivity contribution in [2.24, 2.45) is 0 Å². The number of carbonyl (C=O) groups is 1. The predicted octanol–water partition coefficient (Wildman–Crippen LogP) is 2.10. The lowest BCUT2D eigenvalue weighted by Crippen LogP contribution is -2.42. The maximum absolute atomic E-state index is 13.1. The van der Waals surface area contributed by atoms with Gasteiger partial charge in [0, 0.05) is 5.69 Å². The van der Waals surface area contributed by atoms with Gasteiger partial charge in [-0.05, 0) is 41.8 Å². The number of amides is 1. The minimum Gasteiger partial charge on any atom is -0.308 e. The van der Waals surface area contributed by atoms with Gasteiger partial charge in [-0.2, -0.15) is 0 Å². The molecule has 2 aromatic rings. The summed E-state index contributed by atoms with van der Waals surface area (Å²) < 4.78 is 25.8. The molecule has 1 aliphatic heterocycles. The molecule has 1 saturated heterocycles. The van der Waals surface area contributed by atoms with Crippen molar-refractivity contribution in [2.45, 2.75) is 49.3 Å². The molecule has 1 amide bonds. The fraction of sp³-hybridized carbons (Fsp3) is 0.556. The molecule has 8 nitrogen and oxygen atoms in total. The van der Waals surface area contributed by atoms with Crippen molar-refractivity contribution in [3.8, 4) is 0 Å². The molecule has 0 unspecified atom stereocenters. The van der Waals surface area contributed by atoms with Crippen molar-refractivity contribution in [3.05, 3.63) is 30.3 Å². The lowest BCUT2D eigenvalue weighted by Gasteiger charge is -2.28. The van der Waals surface area contributed by atoms with Crippen molar-refractivity contribution in [1.82, 2.24) is 20.2 Å². The Morgan fingerprint density at radius 2 is 1.93 bits per heavy atom. The molecule has 2 aliphatic rings. The molecule has 28 heavy (non-hydrogen) atoms. The van der Waals surface area contributed by atoms with Crippen LogP contribution < -0.4 is 4.90 Å². The fourth-order valence-corrected chi connectivity index (χ4v) is 6.48. The molecule has 1 aromatic carbocycles. The number of anilines is 1. The summed E-state index contributed by atoms with van der Waals surface area (Å²) in [5.41, 5.74) is 0.727. The van der Waals surface area contributed by atoms with Gasteiger partial charge in [0.15, 0.2) is 9.84 Å². The molecule has 2 fully saturated rings. The van der Waals surface area contributed by atoms with Gasteiger partial charge in [-0.1, -0.05) is 42.8 Å². The fourth-order valence-electron chi connectivity index (χ4n) is 3.98. The Morgan fingerprint density at radius 1 is 1.18 bits per heavy atom. The van der Waals surface area contributed by atoms with Crippen molar-refractivity contribution in [2.75, 3.05) is 22.2 Å². The minimum atomic E-state index is -3.10. The van der Waals surface area contributed by atoms with E-state index in [1.807, 2.05) is 35.0 Å². The van der Waals surface area contributed by atoms with Crippen LogP contribution in [-0.2, 0) is 14.6 Å². The molecule has 1 aliphatic carbocycles. The van der Waals surface area contributed by atoms with Crippen LogP contribution in [0.25, 0.3) is 0 Å². The predicted molar refractivity (Wildman–Crippen MR) is 107 cm³/mol. The van der Waals surface area contributed by atoms with Crippen LogP contribution in [-0.4, -0.2) is 57.8 Å². The first-order valence-corrected chi connectivity index (χ1v) is 12.3. The van der Waals surface area contributed by atoms with Crippen molar-refractivity contribution in [1.29, 1.82) is 0 Å². The number of sulfone groups is 1. The van der Waals surface area contributed by atoms with Gasteiger partial charge in [-0.15, -0.1) is 5.10 Å². The summed E-state index contributed by atoms with van der Waals surface area (Å²) in [7, 11) is -3.10. The van der Waals surface area contributed by atoms with Crippen molar-refractivity contribution in [3.63, 3.8) is 0 Å². The van der Waals surface area contributed by atoms with Crippen LogP contribution in [0.5, 0.6) is 0 Å². The zero-order valence-corrected chi connectivity index (χ0v) is 17.1. The van der Waals surface area contributed by atoms with Crippen LogP contribution >= 0.6 is 11.8 Å². The first-order chi connectivity index (χ1) is 13.5. The van der Waals surface area contributed by atoms with Crippen LogP contribution in [0.2, 0.25) is 0 Å². The quantitative estimate of drug-likeness (QED) is 0.659. The maximum atomic E-state index is 13.1. The molecule has 0 spiro atoms. The number of thioether (sulfide) groups is 1. The number of aromatic nitrogens is 4. The average molecular weight is 422 g/mol. The Balaban J connectivity index is 1.50. The minimum absolute atomic E-state index is 0.0120. The SMILES string of the molecule is O=C(CSc1nnnn1C1CCCC1)N(c1ccccc1)[C@H]1CCS(=O)(=O)C1. The molecule has 1 aromatic heterocycles. The number of hydrogen-bond acceptors (Lipinski definition) is 7. The number of tetrazole rings is 1. The average Bonchev–Trinajstić information content (AvgIpc) is 3.41. The van der Waals surface area contributed by atoms with Crippen molar-refractivity contribution >= 4 is 33.2 Å². The van der Waals surface area contributed by atoms with Gasteiger partial charge in [0.05, 0.1) is 29.3 Å². The monoisotopic (exact) mass is 421 g/mol. The van der Waals surface area contributed by atoms with Gasteiger partial charge in [0.1, 0.15) is 0 Å². The lowest BCUT2D eigenvalue weighted by atomic mass is 10.2. The second-order valence-electron chi connectivity index (χ2n) is 7.29. The summed E-state index contributed by atoms with van der Waals surface area (Å²) >= 11 is 1.32. The van der Waals surface area contributed by atoms with Crippen LogP contribution in [0, 0.1) is 0 Å². The van der Waals surface area contributed by atoms with Gasteiger partial charge in [-0.25, -0.2) is 13.1 Å². The summed E-state index contributed by atoms with van der Waals surface area (Å²) in [5.74, 6) is 0.178. The summed E-state index contributed by atoms with van der Waals surface area (Å²) in [6, 6.07) is 9.25. The third kappa shape index (κ3) is 4.22. The second-order valence-corrected chi connectivity index (χ2v) is 10.5. The van der Waals surface area contributed by atoms with Crippen molar-refractivity contribution < 1.29 is 13.2 Å². The Morgan fingerprint density at radius 3 is 2.61 bits per heavy atom. The highest BCUT2D eigenvalue weighted by Gasteiger charge is 2.35. The van der Waals surface area contributed by atoms with E-state index in [1.165, 1.54) is 24.6 Å². The van der Waals surface area contributed by atoms with Gasteiger partial charge < -0.3 is 4.90 Å². The van der Waals surface area contributed by atoms with Crippen LogP contribution in [0.3, 0.4) is 0 Å². The Bertz CT molecular complexity index is 926. The molecule has 10 heteroatoms. The number of hydrogen-bond donors (Lipinski definition) is 0. The smallest absolute Gasteiger partial charge is 0.237 e. The van der Waals surface area contributed by atoms with E-state index in [4.69, 9.17) is 0 Å². The highest BCUT2D eigenvalue weighted by molar-refractivity contribution is 7.99. The lowest BCUT2D eigenvalue weighted by molar-refractivity contribution is -0.116. The molecule has 0 N–H and O–H groups in total. The van der Waals surface area contributed by atoms with E-state index in [-0.39, 0.29) is 29.2 Å². The molecule has 1 atom stereocenters. The number of para-hydroxylation sites is 1. The number of nitrogens with zero attached hydrogens (tertiary/aromatic N) is 5. The van der Waals surface area contributed by atoms with Crippen LogP contribution in [0.1, 0.15) is 38.1 Å². The largest absolute Gasteiger partial charge is 0.308 e. The summed E-state index contributed by atoms with van der Waals surface area (Å²) in [6.45, 7) is 0. The molecule has 2 heterocycles. The second kappa shape index (κ2) is 8.20. The molecular weight excluding hydrogens is 398 g/mol. The van der Waals surface area contributed by atoms with Crippen LogP contribution in [0.4, 0.5) is 5.69 Å². The van der Waals surface area contributed by atoms with E-state index >= 15 is 0 Å². The Labute approximate surface area is 168 Å². The van der Waals surface area contributed by atoms with E-state index in [2.05, 4.69) is 15.5 Å². The highest BCUT2D eigenvalue weighted by atomic mass is 32.2. The number of rotatable bonds is 6. The van der Waals surface area contributed by atoms with Gasteiger partial charge in [0.25, 0.3) is 0 Å². The number of benzene rings is 1. The molecule has 4 rings (SSSR count). The topological polar surface area (TPSA) is 98.1 Å². The third-order valence-electron chi connectivity index (χ3n) is 5.33. The number of carbonyl (C=O) groups excluding carboxylic acids is 1. The standard InChI is InChI=1S/C18H23N5O3S2/c24-17(12-27-18-19-20-21-23(18)15-8-4-5-9-15)22(14-6-2-1-3-7-14)16-10-11-28(25,26)13-16/h1-3,6-7,15-16H,4-5,8-13H2/t16-/m0/s1. The summed E-state index contributed by atoms with van der Waals surface area (Å²) in [6.07, 6.45) is 4.93. The van der Waals surface area contributed by atoms with Crippen LogP contribution in [0.15, 0.2) is 35.5 Å². The molecular formula is C18H23N5O3S2. The Hall–Kier alpha value is -1.94. The Kier molecular flexibility index (Phi) is 5.68. The van der Waals surface area contributed by atoms with E-state index < -0.39 is 9.84 Å². The highest BCUT2D eigenvalue weighted by Crippen LogP contribution is 2.32. The van der Waals surface area contributed by atoms with E-state index in [9.17, 15) is 13.2 Å². The van der Waals surface area contributed by atoms with Gasteiger partial charge >= 0.3 is 0 Å². The summed E-state index contributed by atoms with van der Waals surface area (Å²) in [5, 5.41) is 12.6. The zero-order valence-electron chi connectivity index (χ0n) is 15.5. The van der Waals surface area contributed by atoms with E-state index in [1.54, 1.807) is 4.90 Å². The zero-order chi connectivity index (χ0) is 19.6. The molecule has 150 valence electrons. The summed E-state index contributed by atoms with van der Waals surface area (Å²) in [4.78, 5) is 14.7. The maximum Gasteiger partial charge on any atom is 0.237 e. The third-order valence-corrected chi connectivity index (χ3v) is 8.00. The first-order valence-electron chi connectivity index (χ1n) is 9.52. The molecule has 1 saturated carbocycles. The van der Waals surface area contributed by atoms with Gasteiger partial charge in [0.2, 0.25) is 11.1 Å². The van der Waals surface area contributed by atoms with E-state index in [0.29, 0.717) is 17.6 Å². The first kappa shape index (κ1) is 19.4.